The Kier molecular flexibility index (Phi) is 4.98. The summed E-state index contributed by atoms with van der Waals surface area (Å²) in [6.45, 7) is -0.0315. The summed E-state index contributed by atoms with van der Waals surface area (Å²) in [4.78, 5) is 17.0. The van der Waals surface area contributed by atoms with Gasteiger partial charge in [0.05, 0.1) is 12.8 Å². The summed E-state index contributed by atoms with van der Waals surface area (Å²) in [5, 5.41) is 5.68. The average Bonchev–Trinajstić information content (AvgIpc) is 3.11. The average molecular weight is 413 g/mol. The largest absolute Gasteiger partial charge is 0.497 e. The Bertz CT molecular complexity index is 841. The standard InChI is InChI=1S/C23H28N2O3S/c1-27-19-2-4-20(5-3-19)28-13-21(26)25-22-24-18(14-29-22)12-23-9-15-6-16(10-23)8-17(7-15)11-23/h2-5,14-17H,6-13H2,1H3,(H,24,25,26). The molecule has 0 atom stereocenters. The third-order valence-electron chi connectivity index (χ3n) is 6.95. The quantitative estimate of drug-likeness (QED) is 0.701. The van der Waals surface area contributed by atoms with Crippen LogP contribution in [0.5, 0.6) is 11.5 Å². The molecule has 0 spiro atoms. The van der Waals surface area contributed by atoms with E-state index in [-0.39, 0.29) is 12.5 Å². The Hall–Kier alpha value is -2.08. The summed E-state index contributed by atoms with van der Waals surface area (Å²) < 4.78 is 10.7. The van der Waals surface area contributed by atoms with Crippen molar-refractivity contribution in [1.29, 1.82) is 0 Å². The van der Waals surface area contributed by atoms with Crippen molar-refractivity contribution in [2.24, 2.45) is 23.2 Å². The molecule has 4 bridgehead atoms. The molecule has 6 heteroatoms. The minimum atomic E-state index is -0.184. The van der Waals surface area contributed by atoms with Crippen molar-refractivity contribution in [2.75, 3.05) is 19.0 Å². The molecule has 0 radical (unpaired) electrons. The molecule has 4 aliphatic carbocycles. The predicted octanol–water partition coefficient (Wildman–Crippen LogP) is 4.93. The number of amides is 1. The van der Waals surface area contributed by atoms with E-state index in [1.807, 2.05) is 12.1 Å². The molecule has 1 aromatic carbocycles. The maximum atomic E-state index is 12.2. The van der Waals surface area contributed by atoms with E-state index < -0.39 is 0 Å². The fourth-order valence-electron chi connectivity index (χ4n) is 6.31. The number of thiazole rings is 1. The van der Waals surface area contributed by atoms with Crippen LogP contribution in [0.4, 0.5) is 5.13 Å². The van der Waals surface area contributed by atoms with Crippen molar-refractivity contribution in [1.82, 2.24) is 4.98 Å². The topological polar surface area (TPSA) is 60.5 Å². The molecule has 29 heavy (non-hydrogen) atoms. The zero-order valence-electron chi connectivity index (χ0n) is 16.9. The highest BCUT2D eigenvalue weighted by Gasteiger charge is 2.50. The van der Waals surface area contributed by atoms with Crippen LogP contribution in [0.1, 0.15) is 44.2 Å². The number of anilines is 1. The Morgan fingerprint density at radius 1 is 1.10 bits per heavy atom. The van der Waals surface area contributed by atoms with E-state index in [2.05, 4.69) is 10.7 Å². The number of ether oxygens (including phenoxy) is 2. The number of carbonyl (C=O) groups excluding carboxylic acids is 1. The van der Waals surface area contributed by atoms with Crippen molar-refractivity contribution < 1.29 is 14.3 Å². The van der Waals surface area contributed by atoms with Crippen LogP contribution < -0.4 is 14.8 Å². The second-order valence-electron chi connectivity index (χ2n) is 9.25. The minimum absolute atomic E-state index is 0.0315. The molecular weight excluding hydrogens is 384 g/mol. The summed E-state index contributed by atoms with van der Waals surface area (Å²) in [5.74, 6) is 4.08. The van der Waals surface area contributed by atoms with Gasteiger partial charge in [-0.05, 0) is 92.4 Å². The van der Waals surface area contributed by atoms with Crippen LogP contribution in [-0.2, 0) is 11.2 Å². The first-order valence-electron chi connectivity index (χ1n) is 10.6. The second kappa shape index (κ2) is 7.63. The molecule has 1 heterocycles. The smallest absolute Gasteiger partial charge is 0.264 e. The SMILES string of the molecule is COc1ccc(OCC(=O)Nc2nc(CC34CC5CC(CC(C5)C3)C4)cs2)cc1. The lowest BCUT2D eigenvalue weighted by atomic mass is 9.48. The summed E-state index contributed by atoms with van der Waals surface area (Å²) in [5.41, 5.74) is 1.62. The van der Waals surface area contributed by atoms with Gasteiger partial charge < -0.3 is 9.47 Å². The molecule has 154 valence electrons. The van der Waals surface area contributed by atoms with Crippen molar-refractivity contribution >= 4 is 22.4 Å². The van der Waals surface area contributed by atoms with Gasteiger partial charge in [-0.15, -0.1) is 11.3 Å². The van der Waals surface area contributed by atoms with Crippen molar-refractivity contribution in [3.8, 4) is 11.5 Å². The monoisotopic (exact) mass is 412 g/mol. The van der Waals surface area contributed by atoms with Crippen LogP contribution in [0.3, 0.4) is 0 Å². The van der Waals surface area contributed by atoms with E-state index in [4.69, 9.17) is 14.5 Å². The Morgan fingerprint density at radius 2 is 1.72 bits per heavy atom. The normalized spacial score (nSPS) is 29.6. The lowest BCUT2D eigenvalue weighted by molar-refractivity contribution is -0.118. The molecule has 4 aliphatic rings. The van der Waals surface area contributed by atoms with Crippen molar-refractivity contribution in [3.05, 3.63) is 35.3 Å². The molecule has 1 N–H and O–H groups in total. The van der Waals surface area contributed by atoms with E-state index in [1.165, 1.54) is 49.9 Å². The second-order valence-corrected chi connectivity index (χ2v) is 10.1. The third-order valence-corrected chi connectivity index (χ3v) is 7.76. The number of aromatic nitrogens is 1. The fourth-order valence-corrected chi connectivity index (χ4v) is 7.04. The molecular formula is C23H28N2O3S. The van der Waals surface area contributed by atoms with Crippen LogP contribution in [-0.4, -0.2) is 24.6 Å². The van der Waals surface area contributed by atoms with E-state index >= 15 is 0 Å². The van der Waals surface area contributed by atoms with E-state index in [0.29, 0.717) is 16.3 Å². The van der Waals surface area contributed by atoms with Gasteiger partial charge in [0.2, 0.25) is 0 Å². The summed E-state index contributed by atoms with van der Waals surface area (Å²) in [6.07, 6.45) is 9.62. The zero-order valence-corrected chi connectivity index (χ0v) is 17.7. The number of carbonyl (C=O) groups is 1. The zero-order chi connectivity index (χ0) is 19.8. The van der Waals surface area contributed by atoms with Crippen molar-refractivity contribution in [3.63, 3.8) is 0 Å². The Balaban J connectivity index is 1.15. The number of methoxy groups -OCH3 is 1. The first-order valence-corrected chi connectivity index (χ1v) is 11.5. The van der Waals surface area contributed by atoms with Crippen LogP contribution in [0.2, 0.25) is 0 Å². The van der Waals surface area contributed by atoms with Gasteiger partial charge in [-0.25, -0.2) is 4.98 Å². The Labute approximate surface area is 175 Å². The highest BCUT2D eigenvalue weighted by molar-refractivity contribution is 7.13. The van der Waals surface area contributed by atoms with Crippen LogP contribution >= 0.6 is 11.3 Å². The van der Waals surface area contributed by atoms with Gasteiger partial charge in [-0.1, -0.05) is 0 Å². The molecule has 0 saturated heterocycles. The molecule has 4 fully saturated rings. The highest BCUT2D eigenvalue weighted by atomic mass is 32.1. The number of rotatable bonds is 7. The summed E-state index contributed by atoms with van der Waals surface area (Å²) in [6, 6.07) is 7.20. The minimum Gasteiger partial charge on any atom is -0.497 e. The maximum absolute atomic E-state index is 12.2. The number of hydrogen-bond acceptors (Lipinski definition) is 5. The van der Waals surface area contributed by atoms with E-state index in [0.717, 1.165) is 35.6 Å². The summed E-state index contributed by atoms with van der Waals surface area (Å²) >= 11 is 1.52. The lowest BCUT2D eigenvalue weighted by Gasteiger charge is -2.56. The summed E-state index contributed by atoms with van der Waals surface area (Å²) in [7, 11) is 1.62. The molecule has 1 amide bonds. The maximum Gasteiger partial charge on any atom is 0.264 e. The lowest BCUT2D eigenvalue weighted by Crippen LogP contribution is -2.47. The first kappa shape index (κ1) is 18.9. The van der Waals surface area contributed by atoms with Gasteiger partial charge in [0, 0.05) is 5.38 Å². The molecule has 5 nitrogen and oxygen atoms in total. The van der Waals surface area contributed by atoms with E-state index in [9.17, 15) is 4.79 Å². The van der Waals surface area contributed by atoms with Gasteiger partial charge in [-0.2, -0.15) is 0 Å². The van der Waals surface area contributed by atoms with Crippen LogP contribution in [0.15, 0.2) is 29.6 Å². The molecule has 6 rings (SSSR count). The fraction of sp³-hybridized carbons (Fsp3) is 0.565. The van der Waals surface area contributed by atoms with Crippen molar-refractivity contribution in [2.45, 2.75) is 44.9 Å². The number of nitrogens with zero attached hydrogens (tertiary/aromatic N) is 1. The molecule has 1 aromatic heterocycles. The number of benzene rings is 1. The van der Waals surface area contributed by atoms with Gasteiger partial charge in [0.25, 0.3) is 5.91 Å². The molecule has 2 aromatic rings. The Morgan fingerprint density at radius 3 is 2.34 bits per heavy atom. The third kappa shape index (κ3) is 4.13. The van der Waals surface area contributed by atoms with Gasteiger partial charge in [-0.3, -0.25) is 10.1 Å². The van der Waals surface area contributed by atoms with Crippen LogP contribution in [0.25, 0.3) is 0 Å². The number of hydrogen-bond donors (Lipinski definition) is 1. The predicted molar refractivity (Wildman–Crippen MR) is 114 cm³/mol. The van der Waals surface area contributed by atoms with Crippen LogP contribution in [0, 0.1) is 23.2 Å². The van der Waals surface area contributed by atoms with Gasteiger partial charge in [0.15, 0.2) is 11.7 Å². The number of nitrogens with one attached hydrogen (secondary N) is 1. The molecule has 0 unspecified atom stereocenters. The highest BCUT2D eigenvalue weighted by Crippen LogP contribution is 2.61. The molecule has 4 saturated carbocycles. The van der Waals surface area contributed by atoms with Gasteiger partial charge >= 0.3 is 0 Å². The van der Waals surface area contributed by atoms with Gasteiger partial charge in [0.1, 0.15) is 11.5 Å². The molecule has 0 aliphatic heterocycles. The van der Waals surface area contributed by atoms with E-state index in [1.54, 1.807) is 19.2 Å². The first-order chi connectivity index (χ1) is 14.1.